The van der Waals surface area contributed by atoms with Crippen molar-refractivity contribution in [2.24, 2.45) is 0 Å². The first-order valence-corrected chi connectivity index (χ1v) is 5.25. The first kappa shape index (κ1) is 14.5. The predicted octanol–water partition coefficient (Wildman–Crippen LogP) is 1.93. The van der Waals surface area contributed by atoms with Crippen LogP contribution in [0.2, 0.25) is 0 Å². The second kappa shape index (κ2) is 5.85. The maximum Gasteiger partial charge on any atom is 0.411 e. The Kier molecular flexibility index (Phi) is 4.71. The summed E-state index contributed by atoms with van der Waals surface area (Å²) in [5, 5.41) is 9.13. The SMILES string of the molecule is Cc1n[nH]c(C)c1NC(=O)CCOCC(F)(F)F. The van der Waals surface area contributed by atoms with E-state index in [0.717, 1.165) is 0 Å². The van der Waals surface area contributed by atoms with E-state index in [1.165, 1.54) is 0 Å². The number of carbonyl (C=O) groups excluding carboxylic acids is 1. The lowest BCUT2D eigenvalue weighted by Crippen LogP contribution is -2.20. The summed E-state index contributed by atoms with van der Waals surface area (Å²) in [6, 6.07) is 0. The molecule has 1 rings (SSSR count). The molecule has 0 atom stereocenters. The number of halogens is 3. The van der Waals surface area contributed by atoms with Crippen LogP contribution >= 0.6 is 0 Å². The van der Waals surface area contributed by atoms with Crippen LogP contribution in [-0.4, -0.2) is 35.5 Å². The average Bonchev–Trinajstić information content (AvgIpc) is 2.55. The van der Waals surface area contributed by atoms with Crippen molar-refractivity contribution in [1.29, 1.82) is 0 Å². The number of carbonyl (C=O) groups is 1. The number of H-pyrrole nitrogens is 1. The number of nitrogens with one attached hydrogen (secondary N) is 2. The highest BCUT2D eigenvalue weighted by Gasteiger charge is 2.27. The molecule has 5 nitrogen and oxygen atoms in total. The minimum atomic E-state index is -4.37. The lowest BCUT2D eigenvalue weighted by molar-refractivity contribution is -0.174. The van der Waals surface area contributed by atoms with Gasteiger partial charge in [-0.1, -0.05) is 0 Å². The van der Waals surface area contributed by atoms with Gasteiger partial charge in [-0.15, -0.1) is 0 Å². The molecule has 0 bridgehead atoms. The van der Waals surface area contributed by atoms with E-state index in [2.05, 4.69) is 20.3 Å². The minimum absolute atomic E-state index is 0.139. The van der Waals surface area contributed by atoms with Crippen LogP contribution in [-0.2, 0) is 9.53 Å². The summed E-state index contributed by atoms with van der Waals surface area (Å²) in [5.41, 5.74) is 1.87. The second-order valence-electron chi connectivity index (χ2n) is 3.77. The average molecular weight is 265 g/mol. The van der Waals surface area contributed by atoms with Gasteiger partial charge in [0.05, 0.1) is 30.1 Å². The standard InChI is InChI=1S/C10H14F3N3O2/c1-6-9(7(2)16-15-6)14-8(17)3-4-18-5-10(11,12)13/h3-5H2,1-2H3,(H,14,17)(H,15,16). The van der Waals surface area contributed by atoms with E-state index in [-0.39, 0.29) is 13.0 Å². The van der Waals surface area contributed by atoms with Gasteiger partial charge >= 0.3 is 6.18 Å². The number of alkyl halides is 3. The fourth-order valence-electron chi connectivity index (χ4n) is 1.29. The van der Waals surface area contributed by atoms with Crippen molar-refractivity contribution >= 4 is 11.6 Å². The van der Waals surface area contributed by atoms with Crippen LogP contribution in [0, 0.1) is 13.8 Å². The summed E-state index contributed by atoms with van der Waals surface area (Å²) >= 11 is 0. The zero-order valence-electron chi connectivity index (χ0n) is 10.0. The van der Waals surface area contributed by atoms with E-state index in [9.17, 15) is 18.0 Å². The number of hydrogen-bond donors (Lipinski definition) is 2. The number of anilines is 1. The normalized spacial score (nSPS) is 11.6. The van der Waals surface area contributed by atoms with Crippen LogP contribution in [0.25, 0.3) is 0 Å². The molecule has 1 amide bonds. The van der Waals surface area contributed by atoms with Gasteiger partial charge in [0.25, 0.3) is 0 Å². The smallest absolute Gasteiger partial charge is 0.372 e. The number of ether oxygens (including phenoxy) is 1. The predicted molar refractivity (Wildman–Crippen MR) is 58.2 cm³/mol. The van der Waals surface area contributed by atoms with E-state index in [4.69, 9.17) is 0 Å². The van der Waals surface area contributed by atoms with Crippen molar-refractivity contribution in [2.75, 3.05) is 18.5 Å². The molecule has 0 aliphatic rings. The number of aromatic amines is 1. The number of nitrogens with zero attached hydrogens (tertiary/aromatic N) is 1. The van der Waals surface area contributed by atoms with Gasteiger partial charge < -0.3 is 10.1 Å². The molecule has 0 fully saturated rings. The van der Waals surface area contributed by atoms with Crippen LogP contribution < -0.4 is 5.32 Å². The summed E-state index contributed by atoms with van der Waals surface area (Å²) in [6.45, 7) is 1.82. The maximum absolute atomic E-state index is 11.8. The summed E-state index contributed by atoms with van der Waals surface area (Å²) in [5.74, 6) is -0.412. The van der Waals surface area contributed by atoms with Crippen molar-refractivity contribution in [3.8, 4) is 0 Å². The third-order valence-corrected chi connectivity index (χ3v) is 2.13. The molecule has 0 unspecified atom stereocenters. The zero-order valence-corrected chi connectivity index (χ0v) is 10.0. The highest BCUT2D eigenvalue weighted by atomic mass is 19.4. The van der Waals surface area contributed by atoms with Gasteiger partial charge in [-0.25, -0.2) is 0 Å². The molecule has 0 radical (unpaired) electrons. The Morgan fingerprint density at radius 3 is 2.61 bits per heavy atom. The van der Waals surface area contributed by atoms with Crippen molar-refractivity contribution in [1.82, 2.24) is 10.2 Å². The Bertz CT molecular complexity index is 395. The molecule has 0 saturated carbocycles. The van der Waals surface area contributed by atoms with Gasteiger partial charge in [0, 0.05) is 0 Å². The molecule has 0 saturated heterocycles. The minimum Gasteiger partial charge on any atom is -0.372 e. The van der Waals surface area contributed by atoms with Gasteiger partial charge in [0.15, 0.2) is 0 Å². The van der Waals surface area contributed by atoms with Gasteiger partial charge in [0.1, 0.15) is 6.61 Å². The van der Waals surface area contributed by atoms with Gasteiger partial charge in [-0.2, -0.15) is 18.3 Å². The number of hydrogen-bond acceptors (Lipinski definition) is 3. The third-order valence-electron chi connectivity index (χ3n) is 2.13. The van der Waals surface area contributed by atoms with Gasteiger partial charge in [-0.05, 0) is 13.8 Å². The Labute approximate surface area is 102 Å². The Morgan fingerprint density at radius 1 is 1.44 bits per heavy atom. The van der Waals surface area contributed by atoms with Crippen LogP contribution in [0.1, 0.15) is 17.8 Å². The number of rotatable bonds is 5. The van der Waals surface area contributed by atoms with Gasteiger partial charge in [0.2, 0.25) is 5.91 Å². The van der Waals surface area contributed by atoms with Crippen molar-refractivity contribution in [3.05, 3.63) is 11.4 Å². The fraction of sp³-hybridized carbons (Fsp3) is 0.600. The van der Waals surface area contributed by atoms with E-state index >= 15 is 0 Å². The summed E-state index contributed by atoms with van der Waals surface area (Å²) in [6.07, 6.45) is -4.51. The van der Waals surface area contributed by atoms with Gasteiger partial charge in [-0.3, -0.25) is 9.89 Å². The Morgan fingerprint density at radius 2 is 2.11 bits per heavy atom. The molecular weight excluding hydrogens is 251 g/mol. The second-order valence-corrected chi connectivity index (χ2v) is 3.77. The lowest BCUT2D eigenvalue weighted by atomic mass is 10.3. The lowest BCUT2D eigenvalue weighted by Gasteiger charge is -2.08. The largest absolute Gasteiger partial charge is 0.411 e. The number of amides is 1. The van der Waals surface area contributed by atoms with Crippen molar-refractivity contribution < 1.29 is 22.7 Å². The molecule has 1 aromatic rings. The summed E-state index contributed by atoms with van der Waals surface area (Å²) in [7, 11) is 0. The molecule has 8 heteroatoms. The van der Waals surface area contributed by atoms with Crippen LogP contribution in [0.15, 0.2) is 0 Å². The maximum atomic E-state index is 11.8. The number of aryl methyl sites for hydroxylation is 2. The van der Waals surface area contributed by atoms with Crippen LogP contribution in [0.4, 0.5) is 18.9 Å². The van der Waals surface area contributed by atoms with Crippen LogP contribution in [0.5, 0.6) is 0 Å². The van der Waals surface area contributed by atoms with Crippen molar-refractivity contribution in [2.45, 2.75) is 26.4 Å². The first-order chi connectivity index (χ1) is 8.29. The molecule has 1 aromatic heterocycles. The summed E-state index contributed by atoms with van der Waals surface area (Å²) in [4.78, 5) is 11.4. The van der Waals surface area contributed by atoms with Crippen molar-refractivity contribution in [3.63, 3.8) is 0 Å². The van der Waals surface area contributed by atoms with E-state index in [0.29, 0.717) is 17.1 Å². The molecule has 0 aliphatic carbocycles. The molecule has 0 spiro atoms. The van der Waals surface area contributed by atoms with E-state index in [1.807, 2.05) is 0 Å². The fourth-order valence-corrected chi connectivity index (χ4v) is 1.29. The molecule has 0 aliphatic heterocycles. The third kappa shape index (κ3) is 4.74. The molecule has 1 heterocycles. The van der Waals surface area contributed by atoms with Crippen LogP contribution in [0.3, 0.4) is 0 Å². The molecule has 2 N–H and O–H groups in total. The Balaban J connectivity index is 2.31. The highest BCUT2D eigenvalue weighted by molar-refractivity contribution is 5.91. The monoisotopic (exact) mass is 265 g/mol. The quantitative estimate of drug-likeness (QED) is 0.799. The molecule has 0 aromatic carbocycles. The zero-order chi connectivity index (χ0) is 13.8. The number of aromatic nitrogens is 2. The Hall–Kier alpha value is -1.57. The molecule has 102 valence electrons. The highest BCUT2D eigenvalue weighted by Crippen LogP contribution is 2.16. The molecular formula is C10H14F3N3O2. The van der Waals surface area contributed by atoms with E-state index < -0.39 is 18.7 Å². The first-order valence-electron chi connectivity index (χ1n) is 5.25. The molecule has 18 heavy (non-hydrogen) atoms. The van der Waals surface area contributed by atoms with E-state index in [1.54, 1.807) is 13.8 Å². The summed E-state index contributed by atoms with van der Waals surface area (Å²) < 4.78 is 39.6. The topological polar surface area (TPSA) is 67.0 Å².